The van der Waals surface area contributed by atoms with Crippen molar-refractivity contribution in [2.45, 2.75) is 25.7 Å². The standard InChI is InChI=1S/C19H24N2O2.C17H20N2O3/c22-17-10-9-15-7-2-3-8-16(15)18(17)19(23)20-11-6-14-21-12-4-1-5-13-21;20-15-6-5-13-3-1-2-4-14(13)16(15)17(21)18-7-8-19-9-11-22-12-10-19/h2-3,7-10,22H,1,4-6,11-14H2,(H,20,23);1-6,20H,7-12H2,(H,18,21). The van der Waals surface area contributed by atoms with E-state index in [9.17, 15) is 19.8 Å². The van der Waals surface area contributed by atoms with Gasteiger partial charge in [-0.05, 0) is 72.6 Å². The van der Waals surface area contributed by atoms with Crippen LogP contribution in [0.1, 0.15) is 46.4 Å². The number of likely N-dealkylation sites (tertiary alicyclic amines) is 1. The maximum atomic E-state index is 12.4. The number of carbonyl (C=O) groups excluding carboxylic acids is 2. The summed E-state index contributed by atoms with van der Waals surface area (Å²) in [4.78, 5) is 29.6. The summed E-state index contributed by atoms with van der Waals surface area (Å²) in [5.41, 5.74) is 0.723. The average molecular weight is 613 g/mol. The van der Waals surface area contributed by atoms with Crippen LogP contribution in [-0.4, -0.2) is 97.4 Å². The largest absolute Gasteiger partial charge is 0.507 e. The number of aromatic hydroxyl groups is 2. The summed E-state index contributed by atoms with van der Waals surface area (Å²) in [7, 11) is 0. The molecule has 2 saturated heterocycles. The van der Waals surface area contributed by atoms with Crippen LogP contribution in [0.4, 0.5) is 0 Å². The van der Waals surface area contributed by atoms with Gasteiger partial charge in [0, 0.05) is 32.7 Å². The number of phenols is 2. The van der Waals surface area contributed by atoms with Crippen LogP contribution in [0.25, 0.3) is 21.5 Å². The molecule has 0 unspecified atom stereocenters. The second-order valence-corrected chi connectivity index (χ2v) is 11.6. The summed E-state index contributed by atoms with van der Waals surface area (Å²) in [6, 6.07) is 22.0. The fourth-order valence-corrected chi connectivity index (χ4v) is 6.01. The van der Waals surface area contributed by atoms with E-state index in [4.69, 9.17) is 4.74 Å². The molecule has 0 atom stereocenters. The second kappa shape index (κ2) is 16.2. The molecule has 6 rings (SSSR count). The van der Waals surface area contributed by atoms with E-state index in [-0.39, 0.29) is 23.3 Å². The molecule has 0 saturated carbocycles. The van der Waals surface area contributed by atoms with Gasteiger partial charge in [-0.1, -0.05) is 67.1 Å². The van der Waals surface area contributed by atoms with Gasteiger partial charge in [-0.15, -0.1) is 0 Å². The van der Waals surface area contributed by atoms with Crippen molar-refractivity contribution in [1.82, 2.24) is 20.4 Å². The lowest BCUT2D eigenvalue weighted by molar-refractivity contribution is 0.0383. The molecule has 9 nitrogen and oxygen atoms in total. The Hall–Kier alpha value is -4.18. The molecule has 2 fully saturated rings. The van der Waals surface area contributed by atoms with Gasteiger partial charge < -0.3 is 30.5 Å². The van der Waals surface area contributed by atoms with Gasteiger partial charge in [-0.25, -0.2) is 0 Å². The molecule has 4 aromatic carbocycles. The quantitative estimate of drug-likeness (QED) is 0.202. The third-order valence-corrected chi connectivity index (χ3v) is 8.47. The molecule has 0 spiro atoms. The Morgan fingerprint density at radius 3 is 1.71 bits per heavy atom. The predicted molar refractivity (Wildman–Crippen MR) is 178 cm³/mol. The lowest BCUT2D eigenvalue weighted by atomic mass is 10.0. The third-order valence-electron chi connectivity index (χ3n) is 8.47. The first-order chi connectivity index (χ1) is 22.0. The normalized spacial score (nSPS) is 15.7. The fourth-order valence-electron chi connectivity index (χ4n) is 6.01. The Kier molecular flexibility index (Phi) is 11.6. The molecular weight excluding hydrogens is 568 g/mol. The van der Waals surface area contributed by atoms with Gasteiger partial charge in [0.05, 0.1) is 24.3 Å². The van der Waals surface area contributed by atoms with Gasteiger partial charge >= 0.3 is 0 Å². The maximum Gasteiger partial charge on any atom is 0.255 e. The minimum Gasteiger partial charge on any atom is -0.507 e. The predicted octanol–water partition coefficient (Wildman–Crippen LogP) is 4.76. The molecule has 0 aliphatic carbocycles. The Morgan fingerprint density at radius 2 is 1.13 bits per heavy atom. The zero-order valence-electron chi connectivity index (χ0n) is 25.8. The number of hydrogen-bond donors (Lipinski definition) is 4. The number of amides is 2. The molecule has 45 heavy (non-hydrogen) atoms. The van der Waals surface area contributed by atoms with E-state index in [2.05, 4.69) is 20.4 Å². The summed E-state index contributed by atoms with van der Waals surface area (Å²) >= 11 is 0. The van der Waals surface area contributed by atoms with Crippen molar-refractivity contribution in [3.05, 3.63) is 83.9 Å². The maximum absolute atomic E-state index is 12.4. The van der Waals surface area contributed by atoms with Crippen molar-refractivity contribution < 1.29 is 24.5 Å². The smallest absolute Gasteiger partial charge is 0.255 e. The number of nitrogens with one attached hydrogen (secondary N) is 2. The first-order valence-corrected chi connectivity index (χ1v) is 16.0. The number of carbonyl (C=O) groups is 2. The monoisotopic (exact) mass is 612 g/mol. The summed E-state index contributed by atoms with van der Waals surface area (Å²) in [6.07, 6.45) is 4.86. The van der Waals surface area contributed by atoms with E-state index in [0.717, 1.165) is 67.4 Å². The number of hydrogen-bond acceptors (Lipinski definition) is 7. The molecule has 0 radical (unpaired) electrons. The zero-order chi connectivity index (χ0) is 31.4. The molecule has 9 heteroatoms. The summed E-state index contributed by atoms with van der Waals surface area (Å²) in [6.45, 7) is 8.67. The third kappa shape index (κ3) is 8.72. The van der Waals surface area contributed by atoms with Crippen LogP contribution in [0.5, 0.6) is 11.5 Å². The number of rotatable bonds is 9. The molecule has 2 heterocycles. The highest BCUT2D eigenvalue weighted by Crippen LogP contribution is 2.28. The number of benzene rings is 4. The van der Waals surface area contributed by atoms with Crippen LogP contribution in [0.3, 0.4) is 0 Å². The van der Waals surface area contributed by atoms with Crippen LogP contribution in [0.15, 0.2) is 72.8 Å². The topological polar surface area (TPSA) is 114 Å². The van der Waals surface area contributed by atoms with E-state index < -0.39 is 0 Å². The summed E-state index contributed by atoms with van der Waals surface area (Å²) in [5, 5.41) is 29.4. The van der Waals surface area contributed by atoms with Crippen molar-refractivity contribution in [1.29, 1.82) is 0 Å². The van der Waals surface area contributed by atoms with Crippen molar-refractivity contribution in [3.8, 4) is 11.5 Å². The summed E-state index contributed by atoms with van der Waals surface area (Å²) in [5.74, 6) is -0.375. The van der Waals surface area contributed by atoms with Crippen molar-refractivity contribution in [2.75, 3.05) is 65.6 Å². The van der Waals surface area contributed by atoms with Crippen LogP contribution >= 0.6 is 0 Å². The van der Waals surface area contributed by atoms with Crippen LogP contribution in [-0.2, 0) is 4.74 Å². The van der Waals surface area contributed by atoms with E-state index >= 15 is 0 Å². The lowest BCUT2D eigenvalue weighted by Gasteiger charge is -2.26. The Labute approximate surface area is 264 Å². The highest BCUT2D eigenvalue weighted by molar-refractivity contribution is 6.10. The highest BCUT2D eigenvalue weighted by atomic mass is 16.5. The number of phenolic OH excluding ortho intramolecular Hbond substituents is 2. The first-order valence-electron chi connectivity index (χ1n) is 16.0. The molecule has 2 aliphatic rings. The zero-order valence-corrected chi connectivity index (χ0v) is 25.8. The average Bonchev–Trinajstić information content (AvgIpc) is 3.07. The first kappa shape index (κ1) is 32.2. The van der Waals surface area contributed by atoms with Gasteiger partial charge in [-0.2, -0.15) is 0 Å². The van der Waals surface area contributed by atoms with Crippen LogP contribution in [0.2, 0.25) is 0 Å². The minimum absolute atomic E-state index is 0.0163. The Balaban J connectivity index is 0.000000178. The Morgan fingerprint density at radius 1 is 0.622 bits per heavy atom. The van der Waals surface area contributed by atoms with Gasteiger partial charge in [0.15, 0.2) is 0 Å². The number of fused-ring (bicyclic) bond motifs is 2. The van der Waals surface area contributed by atoms with Gasteiger partial charge in [0.25, 0.3) is 11.8 Å². The second-order valence-electron chi connectivity index (χ2n) is 11.6. The van der Waals surface area contributed by atoms with E-state index in [0.29, 0.717) is 24.2 Å². The molecule has 0 aromatic heterocycles. The van der Waals surface area contributed by atoms with Crippen LogP contribution in [0, 0.1) is 0 Å². The summed E-state index contributed by atoms with van der Waals surface area (Å²) < 4.78 is 5.30. The van der Waals surface area contributed by atoms with Crippen molar-refractivity contribution in [3.63, 3.8) is 0 Å². The van der Waals surface area contributed by atoms with Gasteiger partial charge in [-0.3, -0.25) is 14.5 Å². The molecule has 2 aliphatic heterocycles. The minimum atomic E-state index is -0.234. The van der Waals surface area contributed by atoms with E-state index in [1.807, 2.05) is 60.7 Å². The number of morpholine rings is 1. The number of piperidine rings is 1. The Bertz CT molecular complexity index is 1580. The van der Waals surface area contributed by atoms with Crippen molar-refractivity contribution in [2.24, 2.45) is 0 Å². The van der Waals surface area contributed by atoms with Gasteiger partial charge in [0.1, 0.15) is 11.5 Å². The van der Waals surface area contributed by atoms with E-state index in [1.165, 1.54) is 32.4 Å². The molecule has 238 valence electrons. The fraction of sp³-hybridized carbons (Fsp3) is 0.389. The lowest BCUT2D eigenvalue weighted by Crippen LogP contribution is -2.41. The van der Waals surface area contributed by atoms with Crippen molar-refractivity contribution >= 4 is 33.4 Å². The molecule has 4 aromatic rings. The number of nitrogens with zero attached hydrogens (tertiary/aromatic N) is 2. The highest BCUT2D eigenvalue weighted by Gasteiger charge is 2.17. The van der Waals surface area contributed by atoms with E-state index in [1.54, 1.807) is 12.1 Å². The van der Waals surface area contributed by atoms with Gasteiger partial charge in [0.2, 0.25) is 0 Å². The molecule has 2 amide bonds. The SMILES string of the molecule is O=C(NCCCN1CCCCC1)c1c(O)ccc2ccccc12.O=C(NCCN1CCOCC1)c1c(O)ccc2ccccc12. The molecule has 0 bridgehead atoms. The van der Waals surface area contributed by atoms with Crippen LogP contribution < -0.4 is 10.6 Å². The molecular formula is C36H44N4O5. The molecule has 4 N–H and O–H groups in total. The number of ether oxygens (including phenoxy) is 1.